The van der Waals surface area contributed by atoms with Crippen molar-refractivity contribution in [3.05, 3.63) is 28.5 Å². The smallest absolute Gasteiger partial charge is 0.340 e. The molecular formula is C10H11ClFNO2S. The highest BCUT2D eigenvalue weighted by Crippen LogP contribution is 2.27. The minimum atomic E-state index is -1.37. The Balaban J connectivity index is 2.95. The van der Waals surface area contributed by atoms with E-state index in [1.807, 2.05) is 6.92 Å². The Morgan fingerprint density at radius 1 is 1.62 bits per heavy atom. The van der Waals surface area contributed by atoms with Gasteiger partial charge in [-0.25, -0.2) is 9.18 Å². The Bertz CT molecular complexity index is 401. The van der Waals surface area contributed by atoms with E-state index in [-0.39, 0.29) is 10.7 Å². The van der Waals surface area contributed by atoms with Gasteiger partial charge < -0.3 is 9.83 Å². The summed E-state index contributed by atoms with van der Waals surface area (Å²) in [5.41, 5.74) is -0.357. The molecule has 0 saturated heterocycles. The molecule has 0 spiro atoms. The molecule has 1 aromatic rings. The second-order valence-electron chi connectivity index (χ2n) is 3.04. The van der Waals surface area contributed by atoms with E-state index in [0.29, 0.717) is 0 Å². The van der Waals surface area contributed by atoms with Gasteiger partial charge in [-0.2, -0.15) is 0 Å². The molecule has 0 aliphatic carbocycles. The summed E-state index contributed by atoms with van der Waals surface area (Å²) in [6.07, 6.45) is 0.943. The van der Waals surface area contributed by atoms with E-state index < -0.39 is 17.3 Å². The van der Waals surface area contributed by atoms with Crippen molar-refractivity contribution in [2.24, 2.45) is 0 Å². The van der Waals surface area contributed by atoms with Gasteiger partial charge in [0.15, 0.2) is 5.82 Å². The average Bonchev–Trinajstić information content (AvgIpc) is 2.21. The van der Waals surface area contributed by atoms with Crippen molar-refractivity contribution in [2.75, 3.05) is 10.5 Å². The van der Waals surface area contributed by atoms with Crippen molar-refractivity contribution in [1.29, 1.82) is 0 Å². The van der Waals surface area contributed by atoms with Crippen molar-refractivity contribution in [2.45, 2.75) is 13.3 Å². The van der Waals surface area contributed by atoms with E-state index in [9.17, 15) is 9.18 Å². The van der Waals surface area contributed by atoms with Gasteiger partial charge in [-0.1, -0.05) is 30.5 Å². The first-order chi connectivity index (χ1) is 7.57. The molecule has 0 fully saturated rings. The van der Waals surface area contributed by atoms with E-state index >= 15 is 0 Å². The molecule has 0 aromatic heterocycles. The zero-order valence-electron chi connectivity index (χ0n) is 8.59. The molecule has 16 heavy (non-hydrogen) atoms. The van der Waals surface area contributed by atoms with Gasteiger partial charge in [-0.15, -0.1) is 0 Å². The number of carboxylic acid groups (broad SMARTS) is 1. The maximum absolute atomic E-state index is 13.7. The van der Waals surface area contributed by atoms with Gasteiger partial charge in [-0.3, -0.25) is 0 Å². The zero-order chi connectivity index (χ0) is 12.1. The van der Waals surface area contributed by atoms with E-state index in [1.165, 1.54) is 24.1 Å². The summed E-state index contributed by atoms with van der Waals surface area (Å²) in [6, 6.07) is 2.79. The molecule has 1 aromatic carbocycles. The lowest BCUT2D eigenvalue weighted by Gasteiger charge is -2.08. The van der Waals surface area contributed by atoms with E-state index in [2.05, 4.69) is 4.72 Å². The lowest BCUT2D eigenvalue weighted by atomic mass is 10.2. The molecule has 0 unspecified atom stereocenters. The number of hydrogen-bond acceptors (Lipinski definition) is 3. The van der Waals surface area contributed by atoms with Crippen LogP contribution in [-0.4, -0.2) is 16.8 Å². The molecule has 6 heteroatoms. The third-order valence-electron chi connectivity index (χ3n) is 1.79. The van der Waals surface area contributed by atoms with Crippen LogP contribution in [0.25, 0.3) is 0 Å². The topological polar surface area (TPSA) is 49.3 Å². The van der Waals surface area contributed by atoms with Crippen LogP contribution in [0.15, 0.2) is 12.1 Å². The van der Waals surface area contributed by atoms with Crippen LogP contribution < -0.4 is 4.72 Å². The van der Waals surface area contributed by atoms with Gasteiger partial charge >= 0.3 is 5.97 Å². The largest absolute Gasteiger partial charge is 0.478 e. The number of carboxylic acids is 1. The van der Waals surface area contributed by atoms with Crippen molar-refractivity contribution < 1.29 is 14.3 Å². The third-order valence-corrected chi connectivity index (χ3v) is 3.08. The van der Waals surface area contributed by atoms with Crippen molar-refractivity contribution in [3.63, 3.8) is 0 Å². The monoisotopic (exact) mass is 263 g/mol. The fourth-order valence-corrected chi connectivity index (χ4v) is 1.90. The molecule has 0 saturated carbocycles. The average molecular weight is 264 g/mol. The van der Waals surface area contributed by atoms with Gasteiger partial charge in [0.25, 0.3) is 0 Å². The normalized spacial score (nSPS) is 10.2. The van der Waals surface area contributed by atoms with Gasteiger partial charge in [0.1, 0.15) is 5.56 Å². The Morgan fingerprint density at radius 3 is 2.88 bits per heavy atom. The van der Waals surface area contributed by atoms with E-state index in [1.54, 1.807) is 0 Å². The van der Waals surface area contributed by atoms with Crippen LogP contribution >= 0.6 is 23.5 Å². The number of carbonyl (C=O) groups is 1. The molecule has 0 bridgehead atoms. The fourth-order valence-electron chi connectivity index (χ4n) is 1.06. The summed E-state index contributed by atoms with van der Waals surface area (Å²) in [4.78, 5) is 10.8. The highest BCUT2D eigenvalue weighted by atomic mass is 35.5. The van der Waals surface area contributed by atoms with Gasteiger partial charge in [-0.05, 0) is 18.6 Å². The Labute approximate surface area is 102 Å². The van der Waals surface area contributed by atoms with Crippen LogP contribution in [0.3, 0.4) is 0 Å². The maximum atomic E-state index is 13.7. The van der Waals surface area contributed by atoms with Gasteiger partial charge in [0.05, 0.1) is 10.7 Å². The molecule has 0 aliphatic rings. The van der Waals surface area contributed by atoms with E-state index in [0.717, 1.165) is 12.2 Å². The number of nitrogens with one attached hydrogen (secondary N) is 1. The number of benzene rings is 1. The van der Waals surface area contributed by atoms with Crippen molar-refractivity contribution >= 4 is 35.2 Å². The van der Waals surface area contributed by atoms with Crippen molar-refractivity contribution in [3.8, 4) is 0 Å². The lowest BCUT2D eigenvalue weighted by Crippen LogP contribution is -2.04. The summed E-state index contributed by atoms with van der Waals surface area (Å²) < 4.78 is 16.4. The molecule has 0 amide bonds. The Hall–Kier alpha value is -0.940. The highest BCUT2D eigenvalue weighted by Gasteiger charge is 2.18. The van der Waals surface area contributed by atoms with E-state index in [4.69, 9.17) is 16.7 Å². The number of halogens is 2. The third kappa shape index (κ3) is 3.02. The molecule has 1 rings (SSSR count). The first-order valence-electron chi connectivity index (χ1n) is 4.67. The standard InChI is InChI=1S/C10H11ClFNO2S/c1-2-5-16-13-7-4-3-6(11)8(9(7)12)10(14)15/h3-4,13H,2,5H2,1H3,(H,14,15). The second kappa shape index (κ2) is 5.96. The fraction of sp³-hybridized carbons (Fsp3) is 0.300. The first kappa shape index (κ1) is 13.1. The predicted octanol–water partition coefficient (Wildman–Crippen LogP) is 3.65. The number of rotatable bonds is 5. The summed E-state index contributed by atoms with van der Waals surface area (Å²) >= 11 is 6.92. The van der Waals surface area contributed by atoms with Crippen LogP contribution in [0.5, 0.6) is 0 Å². The summed E-state index contributed by atoms with van der Waals surface area (Å²) in [7, 11) is 0. The molecular weight excluding hydrogens is 253 g/mol. The minimum Gasteiger partial charge on any atom is -0.478 e. The van der Waals surface area contributed by atoms with Crippen LogP contribution in [-0.2, 0) is 0 Å². The number of aromatic carboxylic acids is 1. The van der Waals surface area contributed by atoms with Crippen LogP contribution in [0.2, 0.25) is 5.02 Å². The summed E-state index contributed by atoms with van der Waals surface area (Å²) in [5.74, 6) is -1.39. The SMILES string of the molecule is CCCSNc1ccc(Cl)c(C(=O)O)c1F. The van der Waals surface area contributed by atoms with Crippen molar-refractivity contribution in [1.82, 2.24) is 0 Å². The number of anilines is 1. The molecule has 0 atom stereocenters. The number of hydrogen-bond donors (Lipinski definition) is 2. The first-order valence-corrected chi connectivity index (χ1v) is 6.03. The Morgan fingerprint density at radius 2 is 2.31 bits per heavy atom. The van der Waals surface area contributed by atoms with Gasteiger partial charge in [0, 0.05) is 5.75 Å². The zero-order valence-corrected chi connectivity index (χ0v) is 10.2. The summed E-state index contributed by atoms with van der Waals surface area (Å²) in [6.45, 7) is 2.00. The van der Waals surface area contributed by atoms with Crippen LogP contribution in [0.1, 0.15) is 23.7 Å². The minimum absolute atomic E-state index is 0.101. The second-order valence-corrected chi connectivity index (χ2v) is 4.35. The summed E-state index contributed by atoms with van der Waals surface area (Å²) in [5, 5.41) is 8.68. The molecule has 0 radical (unpaired) electrons. The quantitative estimate of drug-likeness (QED) is 0.629. The Kier molecular flexibility index (Phi) is 4.89. The lowest BCUT2D eigenvalue weighted by molar-refractivity contribution is 0.0692. The molecule has 2 N–H and O–H groups in total. The van der Waals surface area contributed by atoms with Crippen LogP contribution in [0.4, 0.5) is 10.1 Å². The molecule has 88 valence electrons. The molecule has 0 aliphatic heterocycles. The molecule has 0 heterocycles. The van der Waals surface area contributed by atoms with Crippen LogP contribution in [0, 0.1) is 5.82 Å². The predicted molar refractivity (Wildman–Crippen MR) is 64.7 cm³/mol. The maximum Gasteiger partial charge on any atom is 0.340 e. The highest BCUT2D eigenvalue weighted by molar-refractivity contribution is 8.00. The van der Waals surface area contributed by atoms with Gasteiger partial charge in [0.2, 0.25) is 0 Å². The molecule has 3 nitrogen and oxygen atoms in total.